The highest BCUT2D eigenvalue weighted by molar-refractivity contribution is 7.98. The first-order chi connectivity index (χ1) is 8.65. The highest BCUT2D eigenvalue weighted by atomic mass is 32.2. The number of aromatic carboxylic acids is 1. The molecule has 0 unspecified atom stereocenters. The number of phenols is 1. The molecule has 0 atom stereocenters. The second-order valence-corrected chi connectivity index (χ2v) is 4.84. The van der Waals surface area contributed by atoms with Crippen molar-refractivity contribution in [2.45, 2.75) is 10.6 Å². The minimum absolute atomic E-state index is 0.243. The fourth-order valence-electron chi connectivity index (χ4n) is 1.50. The summed E-state index contributed by atoms with van der Waals surface area (Å²) in [6.45, 7) is 0. The fraction of sp³-hybridized carbons (Fsp3) is 0.0714. The van der Waals surface area contributed by atoms with Crippen molar-refractivity contribution in [2.75, 3.05) is 0 Å². The van der Waals surface area contributed by atoms with E-state index in [9.17, 15) is 4.79 Å². The summed E-state index contributed by atoms with van der Waals surface area (Å²) in [5.74, 6) is 0.0324. The summed E-state index contributed by atoms with van der Waals surface area (Å²) in [4.78, 5) is 11.9. The normalized spacial score (nSPS) is 10.2. The molecule has 3 nitrogen and oxygen atoms in total. The van der Waals surface area contributed by atoms with Crippen LogP contribution in [0.4, 0.5) is 0 Å². The first-order valence-electron chi connectivity index (χ1n) is 5.39. The Hall–Kier alpha value is -1.94. The van der Waals surface area contributed by atoms with Gasteiger partial charge in [-0.15, -0.1) is 11.8 Å². The second-order valence-electron chi connectivity index (χ2n) is 3.79. The molecular weight excluding hydrogens is 248 g/mol. The zero-order valence-corrected chi connectivity index (χ0v) is 10.4. The molecule has 0 spiro atoms. The van der Waals surface area contributed by atoms with Crippen LogP contribution in [0.5, 0.6) is 5.75 Å². The van der Waals surface area contributed by atoms with Crippen molar-refractivity contribution in [3.63, 3.8) is 0 Å². The summed E-state index contributed by atoms with van der Waals surface area (Å²) < 4.78 is 0. The van der Waals surface area contributed by atoms with Gasteiger partial charge >= 0.3 is 5.97 Å². The van der Waals surface area contributed by atoms with Gasteiger partial charge in [-0.1, -0.05) is 12.1 Å². The Balaban J connectivity index is 2.04. The summed E-state index contributed by atoms with van der Waals surface area (Å²) in [5.41, 5.74) is 1.27. The van der Waals surface area contributed by atoms with Crippen molar-refractivity contribution in [3.8, 4) is 5.75 Å². The average Bonchev–Trinajstić information content (AvgIpc) is 2.38. The molecule has 4 heteroatoms. The third-order valence-electron chi connectivity index (χ3n) is 2.42. The number of phenolic OH excluding ortho intramolecular Hbond substituents is 1. The van der Waals surface area contributed by atoms with Gasteiger partial charge in [-0.2, -0.15) is 0 Å². The SMILES string of the molecule is O=C(O)c1cccc(CSc2ccc(O)cc2)c1. The van der Waals surface area contributed by atoms with Crippen molar-refractivity contribution < 1.29 is 15.0 Å². The van der Waals surface area contributed by atoms with E-state index >= 15 is 0 Å². The van der Waals surface area contributed by atoms with E-state index in [2.05, 4.69) is 0 Å². The number of benzene rings is 2. The van der Waals surface area contributed by atoms with Crippen molar-refractivity contribution in [2.24, 2.45) is 0 Å². The Kier molecular flexibility index (Phi) is 3.89. The monoisotopic (exact) mass is 260 g/mol. The van der Waals surface area contributed by atoms with E-state index in [1.807, 2.05) is 18.2 Å². The summed E-state index contributed by atoms with van der Waals surface area (Å²) >= 11 is 1.60. The second kappa shape index (κ2) is 5.60. The summed E-state index contributed by atoms with van der Waals surface area (Å²) in [6, 6.07) is 13.8. The van der Waals surface area contributed by atoms with Crippen LogP contribution < -0.4 is 0 Å². The predicted molar refractivity (Wildman–Crippen MR) is 71.1 cm³/mol. The minimum atomic E-state index is -0.911. The zero-order valence-electron chi connectivity index (χ0n) is 9.54. The van der Waals surface area contributed by atoms with Gasteiger partial charge < -0.3 is 10.2 Å². The summed E-state index contributed by atoms with van der Waals surface area (Å²) in [7, 11) is 0. The first-order valence-corrected chi connectivity index (χ1v) is 6.38. The lowest BCUT2D eigenvalue weighted by molar-refractivity contribution is 0.0697. The van der Waals surface area contributed by atoms with E-state index < -0.39 is 5.97 Å². The highest BCUT2D eigenvalue weighted by Crippen LogP contribution is 2.24. The quantitative estimate of drug-likeness (QED) is 0.827. The molecule has 0 bridgehead atoms. The molecule has 0 amide bonds. The third kappa shape index (κ3) is 3.28. The lowest BCUT2D eigenvalue weighted by atomic mass is 10.1. The number of rotatable bonds is 4. The van der Waals surface area contributed by atoms with Crippen LogP contribution in [0.1, 0.15) is 15.9 Å². The van der Waals surface area contributed by atoms with E-state index in [1.54, 1.807) is 42.1 Å². The molecule has 0 aliphatic rings. The van der Waals surface area contributed by atoms with Gasteiger partial charge in [0, 0.05) is 10.6 Å². The Labute approximate surface area is 109 Å². The molecule has 0 fully saturated rings. The Morgan fingerprint density at radius 1 is 1.11 bits per heavy atom. The van der Waals surface area contributed by atoms with Crippen LogP contribution in [0.25, 0.3) is 0 Å². The molecular formula is C14H12O3S. The van der Waals surface area contributed by atoms with E-state index in [0.717, 1.165) is 10.5 Å². The molecule has 0 heterocycles. The number of thioether (sulfide) groups is 1. The van der Waals surface area contributed by atoms with Crippen LogP contribution in [-0.2, 0) is 5.75 Å². The molecule has 0 aromatic heterocycles. The number of hydrogen-bond donors (Lipinski definition) is 2. The first kappa shape index (κ1) is 12.5. The van der Waals surface area contributed by atoms with Gasteiger partial charge in [-0.05, 0) is 42.0 Å². The average molecular weight is 260 g/mol. The summed E-state index contributed by atoms with van der Waals surface area (Å²) in [5, 5.41) is 18.1. The number of carbonyl (C=O) groups is 1. The van der Waals surface area contributed by atoms with Crippen molar-refractivity contribution >= 4 is 17.7 Å². The lowest BCUT2D eigenvalue weighted by Gasteiger charge is -2.03. The number of hydrogen-bond acceptors (Lipinski definition) is 3. The van der Waals surface area contributed by atoms with Gasteiger partial charge in [0.1, 0.15) is 5.75 Å². The van der Waals surface area contributed by atoms with Crippen LogP contribution >= 0.6 is 11.8 Å². The molecule has 2 aromatic rings. The molecule has 2 N–H and O–H groups in total. The Morgan fingerprint density at radius 2 is 1.83 bits per heavy atom. The molecule has 2 aromatic carbocycles. The van der Waals surface area contributed by atoms with Gasteiger partial charge in [0.15, 0.2) is 0 Å². The van der Waals surface area contributed by atoms with Crippen LogP contribution in [0.2, 0.25) is 0 Å². The molecule has 2 rings (SSSR count). The molecule has 0 aliphatic heterocycles. The Morgan fingerprint density at radius 3 is 2.50 bits per heavy atom. The van der Waals surface area contributed by atoms with Crippen LogP contribution in [0.15, 0.2) is 53.4 Å². The highest BCUT2D eigenvalue weighted by Gasteiger charge is 2.03. The topological polar surface area (TPSA) is 57.5 Å². The standard InChI is InChI=1S/C14H12O3S/c15-12-4-6-13(7-5-12)18-9-10-2-1-3-11(8-10)14(16)17/h1-8,15H,9H2,(H,16,17). The molecule has 0 saturated carbocycles. The fourth-order valence-corrected chi connectivity index (χ4v) is 2.34. The van der Waals surface area contributed by atoms with Crippen molar-refractivity contribution in [3.05, 3.63) is 59.7 Å². The predicted octanol–water partition coefficient (Wildman–Crippen LogP) is 3.38. The number of carboxylic acids is 1. The zero-order chi connectivity index (χ0) is 13.0. The molecule has 0 saturated heterocycles. The van der Waals surface area contributed by atoms with Crippen molar-refractivity contribution in [1.29, 1.82) is 0 Å². The maximum absolute atomic E-state index is 10.8. The van der Waals surface area contributed by atoms with Gasteiger partial charge in [0.25, 0.3) is 0 Å². The van der Waals surface area contributed by atoms with Gasteiger partial charge in [0.2, 0.25) is 0 Å². The van der Waals surface area contributed by atoms with Crippen LogP contribution in [0.3, 0.4) is 0 Å². The van der Waals surface area contributed by atoms with Crippen molar-refractivity contribution in [1.82, 2.24) is 0 Å². The molecule has 18 heavy (non-hydrogen) atoms. The molecule has 0 radical (unpaired) electrons. The van der Waals surface area contributed by atoms with E-state index in [-0.39, 0.29) is 5.75 Å². The molecule has 92 valence electrons. The maximum Gasteiger partial charge on any atom is 0.335 e. The minimum Gasteiger partial charge on any atom is -0.508 e. The van der Waals surface area contributed by atoms with Gasteiger partial charge in [0.05, 0.1) is 5.56 Å². The van der Waals surface area contributed by atoms with Crippen LogP contribution in [-0.4, -0.2) is 16.2 Å². The number of carboxylic acid groups (broad SMARTS) is 1. The van der Waals surface area contributed by atoms with E-state index in [1.165, 1.54) is 0 Å². The Bertz CT molecular complexity index is 549. The van der Waals surface area contributed by atoms with Gasteiger partial charge in [-0.25, -0.2) is 4.79 Å². The largest absolute Gasteiger partial charge is 0.508 e. The van der Waals surface area contributed by atoms with E-state index in [0.29, 0.717) is 11.3 Å². The third-order valence-corrected chi connectivity index (χ3v) is 3.50. The van der Waals surface area contributed by atoms with Crippen LogP contribution in [0, 0.1) is 0 Å². The maximum atomic E-state index is 10.8. The molecule has 0 aliphatic carbocycles. The van der Waals surface area contributed by atoms with E-state index in [4.69, 9.17) is 10.2 Å². The lowest BCUT2D eigenvalue weighted by Crippen LogP contribution is -1.96. The summed E-state index contributed by atoms with van der Waals surface area (Å²) in [6.07, 6.45) is 0. The van der Waals surface area contributed by atoms with Gasteiger partial charge in [-0.3, -0.25) is 0 Å². The smallest absolute Gasteiger partial charge is 0.335 e. The number of aromatic hydroxyl groups is 1.